The molecule has 3 rings (SSSR count). The highest BCUT2D eigenvalue weighted by Gasteiger charge is 2.54. The summed E-state index contributed by atoms with van der Waals surface area (Å²) in [4.78, 5) is 0. The summed E-state index contributed by atoms with van der Waals surface area (Å²) in [6.45, 7) is 10.4. The summed E-state index contributed by atoms with van der Waals surface area (Å²) in [5.41, 5.74) is 0.946. The zero-order chi connectivity index (χ0) is 18.6. The Labute approximate surface area is 159 Å². The van der Waals surface area contributed by atoms with Gasteiger partial charge in [0.05, 0.1) is 11.2 Å². The molecule has 0 spiro atoms. The first-order valence-electron chi connectivity index (χ1n) is 10.4. The van der Waals surface area contributed by atoms with Crippen molar-refractivity contribution in [2.45, 2.75) is 83.2 Å². The minimum absolute atomic E-state index is 0.0835. The molecule has 0 saturated carbocycles. The van der Waals surface area contributed by atoms with E-state index in [2.05, 4.69) is 58.0 Å². The van der Waals surface area contributed by atoms with E-state index in [0.717, 1.165) is 32.5 Å². The van der Waals surface area contributed by atoms with Crippen molar-refractivity contribution in [1.82, 2.24) is 0 Å². The van der Waals surface area contributed by atoms with Crippen molar-refractivity contribution >= 4 is 7.12 Å². The van der Waals surface area contributed by atoms with Crippen LogP contribution in [-0.4, -0.2) is 31.5 Å². The quantitative estimate of drug-likeness (QED) is 0.490. The second-order valence-electron chi connectivity index (χ2n) is 8.97. The summed E-state index contributed by atoms with van der Waals surface area (Å²) < 4.78 is 18.5. The van der Waals surface area contributed by atoms with Crippen LogP contribution in [0, 0.1) is 5.92 Å². The molecular weight excluding hydrogens is 323 g/mol. The van der Waals surface area contributed by atoms with Gasteiger partial charge >= 0.3 is 7.12 Å². The molecule has 144 valence electrons. The molecule has 2 saturated heterocycles. The Morgan fingerprint density at radius 3 is 2.19 bits per heavy atom. The van der Waals surface area contributed by atoms with Gasteiger partial charge in [-0.15, -0.1) is 0 Å². The number of ether oxygens (including phenoxy) is 1. The molecule has 2 fully saturated rings. The Hall–Kier alpha value is -0.835. The van der Waals surface area contributed by atoms with Crippen molar-refractivity contribution in [1.29, 1.82) is 0 Å². The van der Waals surface area contributed by atoms with E-state index in [9.17, 15) is 0 Å². The Kier molecular flexibility index (Phi) is 6.47. The van der Waals surface area contributed by atoms with E-state index < -0.39 is 0 Å². The minimum atomic E-state index is -0.245. The van der Waals surface area contributed by atoms with E-state index in [4.69, 9.17) is 14.0 Å². The predicted molar refractivity (Wildman–Crippen MR) is 107 cm³/mol. The van der Waals surface area contributed by atoms with Gasteiger partial charge in [0.2, 0.25) is 0 Å². The molecule has 1 aromatic carbocycles. The molecule has 26 heavy (non-hydrogen) atoms. The lowest BCUT2D eigenvalue weighted by molar-refractivity contribution is 0.00578. The van der Waals surface area contributed by atoms with Crippen molar-refractivity contribution in [3.63, 3.8) is 0 Å². The third kappa shape index (κ3) is 4.71. The fourth-order valence-electron chi connectivity index (χ4n) is 4.16. The maximum Gasteiger partial charge on any atom is 0.461 e. The average Bonchev–Trinajstić information content (AvgIpc) is 2.84. The minimum Gasteiger partial charge on any atom is -0.403 e. The van der Waals surface area contributed by atoms with Crippen molar-refractivity contribution < 1.29 is 14.0 Å². The number of hydrogen-bond acceptors (Lipinski definition) is 3. The Morgan fingerprint density at radius 2 is 1.58 bits per heavy atom. The molecule has 2 aliphatic rings. The lowest BCUT2D eigenvalue weighted by atomic mass is 9.61. The maximum absolute atomic E-state index is 6.43. The van der Waals surface area contributed by atoms with Gasteiger partial charge in [-0.05, 0) is 70.7 Å². The summed E-state index contributed by atoms with van der Waals surface area (Å²) in [7, 11) is -0.0835. The summed E-state index contributed by atoms with van der Waals surface area (Å²) in [6, 6.07) is 10.8. The van der Waals surface area contributed by atoms with Gasteiger partial charge in [0, 0.05) is 13.2 Å². The molecule has 2 aliphatic heterocycles. The van der Waals surface area contributed by atoms with Gasteiger partial charge in [-0.3, -0.25) is 0 Å². The number of hydrogen-bond donors (Lipinski definition) is 0. The zero-order valence-corrected chi connectivity index (χ0v) is 17.0. The van der Waals surface area contributed by atoms with E-state index in [1.165, 1.54) is 24.8 Å². The molecule has 0 bridgehead atoms. The van der Waals surface area contributed by atoms with Crippen LogP contribution in [0.15, 0.2) is 30.3 Å². The molecule has 0 unspecified atom stereocenters. The van der Waals surface area contributed by atoms with Gasteiger partial charge in [0.25, 0.3) is 0 Å². The highest BCUT2D eigenvalue weighted by Crippen LogP contribution is 2.45. The molecule has 1 aromatic rings. The molecule has 3 nitrogen and oxygen atoms in total. The van der Waals surface area contributed by atoms with E-state index >= 15 is 0 Å². The molecule has 2 heterocycles. The van der Waals surface area contributed by atoms with Crippen molar-refractivity contribution in [3.8, 4) is 0 Å². The number of unbranched alkanes of at least 4 members (excludes halogenated alkanes) is 1. The highest BCUT2D eigenvalue weighted by molar-refractivity contribution is 6.47. The fraction of sp³-hybridized carbons (Fsp3) is 0.727. The first-order valence-corrected chi connectivity index (χ1v) is 10.4. The lowest BCUT2D eigenvalue weighted by Gasteiger charge is -2.32. The van der Waals surface area contributed by atoms with Crippen LogP contribution in [0.1, 0.15) is 65.4 Å². The molecule has 0 aliphatic carbocycles. The van der Waals surface area contributed by atoms with Crippen LogP contribution in [0.2, 0.25) is 5.82 Å². The van der Waals surface area contributed by atoms with Gasteiger partial charge in [0.1, 0.15) is 0 Å². The molecule has 0 radical (unpaired) electrons. The monoisotopic (exact) mass is 358 g/mol. The SMILES string of the molecule is CC1(C)OB([C@@H](CCCCc2ccccc2)C2CCOCC2)OC1(C)C. The standard InChI is InChI=1S/C22H35BO3/c1-21(2)22(3,4)26-23(25-21)20(19-14-16-24-17-15-19)13-9-8-12-18-10-6-5-7-11-18/h5-7,10-11,19-20H,8-9,12-17H2,1-4H3/t20-/m0/s1. The van der Waals surface area contributed by atoms with Crippen molar-refractivity contribution in [2.24, 2.45) is 5.92 Å². The van der Waals surface area contributed by atoms with E-state index in [0.29, 0.717) is 11.7 Å². The molecular formula is C22H35BO3. The van der Waals surface area contributed by atoms with E-state index in [1.54, 1.807) is 0 Å². The fourth-order valence-corrected chi connectivity index (χ4v) is 4.16. The van der Waals surface area contributed by atoms with E-state index in [1.807, 2.05) is 0 Å². The van der Waals surface area contributed by atoms with Gasteiger partial charge in [-0.25, -0.2) is 0 Å². The largest absolute Gasteiger partial charge is 0.461 e. The second kappa shape index (κ2) is 8.45. The molecule has 0 N–H and O–H groups in total. The van der Waals surface area contributed by atoms with Crippen LogP contribution in [0.4, 0.5) is 0 Å². The van der Waals surface area contributed by atoms with Gasteiger partial charge < -0.3 is 14.0 Å². The van der Waals surface area contributed by atoms with Crippen LogP contribution in [0.3, 0.4) is 0 Å². The summed E-state index contributed by atoms with van der Waals surface area (Å²) in [5, 5.41) is 0. The molecule has 4 heteroatoms. The Balaban J connectivity index is 1.59. The number of aryl methyl sites for hydroxylation is 1. The Bertz CT molecular complexity index is 536. The predicted octanol–water partition coefficient (Wildman–Crippen LogP) is 5.29. The maximum atomic E-state index is 6.43. The van der Waals surface area contributed by atoms with E-state index in [-0.39, 0.29) is 18.3 Å². The van der Waals surface area contributed by atoms with Crippen LogP contribution in [-0.2, 0) is 20.5 Å². The van der Waals surface area contributed by atoms with Crippen LogP contribution >= 0.6 is 0 Å². The van der Waals surface area contributed by atoms with Crippen molar-refractivity contribution in [3.05, 3.63) is 35.9 Å². The summed E-state index contributed by atoms with van der Waals surface area (Å²) in [6.07, 6.45) is 7.05. The van der Waals surface area contributed by atoms with Crippen LogP contribution in [0.25, 0.3) is 0 Å². The normalized spacial score (nSPS) is 23.9. The van der Waals surface area contributed by atoms with Crippen molar-refractivity contribution in [2.75, 3.05) is 13.2 Å². The molecule has 0 amide bonds. The van der Waals surface area contributed by atoms with Gasteiger partial charge in [-0.2, -0.15) is 0 Å². The second-order valence-corrected chi connectivity index (χ2v) is 8.97. The lowest BCUT2D eigenvalue weighted by Crippen LogP contribution is -2.41. The van der Waals surface area contributed by atoms with Gasteiger partial charge in [-0.1, -0.05) is 43.2 Å². The highest BCUT2D eigenvalue weighted by atomic mass is 16.7. The summed E-state index contributed by atoms with van der Waals surface area (Å²) in [5.74, 6) is 1.12. The third-order valence-corrected chi connectivity index (χ3v) is 6.59. The molecule has 0 aromatic heterocycles. The average molecular weight is 358 g/mol. The number of benzene rings is 1. The Morgan fingerprint density at radius 1 is 0.962 bits per heavy atom. The third-order valence-electron chi connectivity index (χ3n) is 6.59. The number of rotatable bonds is 7. The topological polar surface area (TPSA) is 27.7 Å². The van der Waals surface area contributed by atoms with Gasteiger partial charge in [0.15, 0.2) is 0 Å². The van der Waals surface area contributed by atoms with Crippen LogP contribution < -0.4 is 0 Å². The smallest absolute Gasteiger partial charge is 0.403 e. The molecule has 1 atom stereocenters. The zero-order valence-electron chi connectivity index (χ0n) is 17.0. The summed E-state index contributed by atoms with van der Waals surface area (Å²) >= 11 is 0. The first-order chi connectivity index (χ1) is 12.4. The van der Waals surface area contributed by atoms with Crippen LogP contribution in [0.5, 0.6) is 0 Å². The first kappa shape index (κ1) is 19.9.